The first-order valence-corrected chi connectivity index (χ1v) is 9.70. The van der Waals surface area contributed by atoms with Gasteiger partial charge in [-0.3, -0.25) is 4.90 Å². The molecule has 3 nitrogen and oxygen atoms in total. The quantitative estimate of drug-likeness (QED) is 0.547. The molecule has 1 aliphatic heterocycles. The van der Waals surface area contributed by atoms with Crippen LogP contribution in [0.2, 0.25) is 0 Å². The highest BCUT2D eigenvalue weighted by molar-refractivity contribution is 5.72. The van der Waals surface area contributed by atoms with E-state index in [4.69, 9.17) is 4.74 Å². The Morgan fingerprint density at radius 3 is 2.62 bits per heavy atom. The summed E-state index contributed by atoms with van der Waals surface area (Å²) in [4.78, 5) is 2.19. The van der Waals surface area contributed by atoms with Crippen molar-refractivity contribution >= 4 is 12.2 Å². The lowest BCUT2D eigenvalue weighted by atomic mass is 10.1. The Morgan fingerprint density at radius 2 is 1.77 bits per heavy atom. The Labute approximate surface area is 156 Å². The van der Waals surface area contributed by atoms with Crippen molar-refractivity contribution in [3.8, 4) is 5.75 Å². The molecule has 0 bridgehead atoms. The first-order valence-electron chi connectivity index (χ1n) is 9.70. The topological polar surface area (TPSA) is 32.7 Å². The van der Waals surface area contributed by atoms with Crippen LogP contribution in [0.1, 0.15) is 43.2 Å². The zero-order chi connectivity index (χ0) is 18.0. The van der Waals surface area contributed by atoms with Crippen LogP contribution in [0.25, 0.3) is 12.2 Å². The summed E-state index contributed by atoms with van der Waals surface area (Å²) in [5.74, 6) is 0.928. The van der Waals surface area contributed by atoms with E-state index in [0.717, 1.165) is 50.1 Å². The predicted octanol–water partition coefficient (Wildman–Crippen LogP) is 4.82. The van der Waals surface area contributed by atoms with Crippen molar-refractivity contribution < 1.29 is 9.84 Å². The van der Waals surface area contributed by atoms with E-state index in [0.29, 0.717) is 6.61 Å². The standard InChI is InChI=1S/C23H29NO2/c25-23-14-6-7-17-24(23)18-8-9-19-26-22-13-5-4-12-21(22)16-15-20-10-2-1-3-11-20/h1-5,10-13,15-16,23,25H,6-9,14,17-19H2/b16-15+. The molecule has 2 aromatic carbocycles. The molecule has 0 saturated carbocycles. The van der Waals surface area contributed by atoms with Crippen LogP contribution in [0.4, 0.5) is 0 Å². The second-order valence-electron chi connectivity index (χ2n) is 6.85. The van der Waals surface area contributed by atoms with Crippen LogP contribution in [-0.2, 0) is 0 Å². The summed E-state index contributed by atoms with van der Waals surface area (Å²) in [7, 11) is 0. The lowest BCUT2D eigenvalue weighted by Crippen LogP contribution is -2.39. The van der Waals surface area contributed by atoms with Crippen LogP contribution in [-0.4, -0.2) is 35.9 Å². The van der Waals surface area contributed by atoms with Crippen molar-refractivity contribution in [3.05, 3.63) is 65.7 Å². The molecule has 26 heavy (non-hydrogen) atoms. The van der Waals surface area contributed by atoms with E-state index in [1.165, 1.54) is 12.0 Å². The molecule has 1 heterocycles. The number of aliphatic hydroxyl groups excluding tert-OH is 1. The minimum absolute atomic E-state index is 0.242. The molecule has 1 aliphatic rings. The number of hydrogen-bond donors (Lipinski definition) is 1. The molecule has 1 N–H and O–H groups in total. The maximum Gasteiger partial charge on any atom is 0.126 e. The largest absolute Gasteiger partial charge is 0.493 e. The summed E-state index contributed by atoms with van der Waals surface area (Å²) in [6.45, 7) is 2.69. The van der Waals surface area contributed by atoms with E-state index in [2.05, 4.69) is 35.3 Å². The van der Waals surface area contributed by atoms with Gasteiger partial charge in [-0.1, -0.05) is 60.7 Å². The summed E-state index contributed by atoms with van der Waals surface area (Å²) >= 11 is 0. The molecule has 2 aromatic rings. The van der Waals surface area contributed by atoms with E-state index >= 15 is 0 Å². The molecule has 1 saturated heterocycles. The van der Waals surface area contributed by atoms with Gasteiger partial charge in [0.1, 0.15) is 12.0 Å². The summed E-state index contributed by atoms with van der Waals surface area (Å²) in [5.41, 5.74) is 2.28. The van der Waals surface area contributed by atoms with Crippen molar-refractivity contribution in [2.75, 3.05) is 19.7 Å². The average molecular weight is 351 g/mol. The van der Waals surface area contributed by atoms with Crippen molar-refractivity contribution in [1.82, 2.24) is 4.90 Å². The molecule has 1 fully saturated rings. The summed E-state index contributed by atoms with van der Waals surface area (Å²) in [5, 5.41) is 9.98. The van der Waals surface area contributed by atoms with E-state index in [9.17, 15) is 5.11 Å². The fourth-order valence-electron chi connectivity index (χ4n) is 3.33. The SMILES string of the molecule is OC1CCCCN1CCCCOc1ccccc1/C=C/c1ccccc1. The van der Waals surface area contributed by atoms with Crippen LogP contribution in [0.5, 0.6) is 5.75 Å². The Morgan fingerprint density at radius 1 is 0.962 bits per heavy atom. The van der Waals surface area contributed by atoms with Gasteiger partial charge in [0.05, 0.1) is 6.61 Å². The Balaban J connectivity index is 1.45. The zero-order valence-corrected chi connectivity index (χ0v) is 15.4. The smallest absolute Gasteiger partial charge is 0.126 e. The van der Waals surface area contributed by atoms with E-state index in [-0.39, 0.29) is 6.23 Å². The third kappa shape index (κ3) is 5.72. The average Bonchev–Trinajstić information content (AvgIpc) is 2.69. The minimum Gasteiger partial charge on any atom is -0.493 e. The third-order valence-corrected chi connectivity index (χ3v) is 4.85. The molecule has 3 rings (SSSR count). The number of aliphatic hydroxyl groups is 1. The number of ether oxygens (including phenoxy) is 1. The molecule has 0 aliphatic carbocycles. The Hall–Kier alpha value is -2.10. The monoisotopic (exact) mass is 351 g/mol. The summed E-state index contributed by atoms with van der Waals surface area (Å²) in [6.07, 6.45) is 9.29. The number of nitrogens with zero attached hydrogens (tertiary/aromatic N) is 1. The van der Waals surface area contributed by atoms with Crippen LogP contribution in [0, 0.1) is 0 Å². The molecule has 0 aromatic heterocycles. The highest BCUT2D eigenvalue weighted by Gasteiger charge is 2.18. The minimum atomic E-state index is -0.242. The maximum atomic E-state index is 9.98. The van der Waals surface area contributed by atoms with E-state index in [1.807, 2.05) is 36.4 Å². The maximum absolute atomic E-state index is 9.98. The van der Waals surface area contributed by atoms with Gasteiger partial charge in [-0.15, -0.1) is 0 Å². The van der Waals surface area contributed by atoms with Gasteiger partial charge in [0, 0.05) is 18.7 Å². The van der Waals surface area contributed by atoms with E-state index in [1.54, 1.807) is 0 Å². The highest BCUT2D eigenvalue weighted by Crippen LogP contribution is 2.21. The number of rotatable bonds is 8. The molecule has 138 valence electrons. The van der Waals surface area contributed by atoms with Crippen molar-refractivity contribution in [2.45, 2.75) is 38.3 Å². The molecule has 0 spiro atoms. The fourth-order valence-corrected chi connectivity index (χ4v) is 3.33. The number of hydrogen-bond acceptors (Lipinski definition) is 3. The van der Waals surface area contributed by atoms with Crippen molar-refractivity contribution in [3.63, 3.8) is 0 Å². The fraction of sp³-hybridized carbons (Fsp3) is 0.391. The van der Waals surface area contributed by atoms with Gasteiger partial charge in [0.15, 0.2) is 0 Å². The van der Waals surface area contributed by atoms with Crippen LogP contribution < -0.4 is 4.74 Å². The lowest BCUT2D eigenvalue weighted by molar-refractivity contribution is -0.0246. The van der Waals surface area contributed by atoms with Gasteiger partial charge in [-0.2, -0.15) is 0 Å². The lowest BCUT2D eigenvalue weighted by Gasteiger charge is -2.31. The van der Waals surface area contributed by atoms with Gasteiger partial charge in [0.25, 0.3) is 0 Å². The molecule has 0 amide bonds. The second kappa shape index (κ2) is 10.1. The number of piperidine rings is 1. The van der Waals surface area contributed by atoms with E-state index < -0.39 is 0 Å². The number of para-hydroxylation sites is 1. The molecule has 1 unspecified atom stereocenters. The van der Waals surface area contributed by atoms with Gasteiger partial charge in [0.2, 0.25) is 0 Å². The van der Waals surface area contributed by atoms with Gasteiger partial charge < -0.3 is 9.84 Å². The molecule has 3 heteroatoms. The molecular formula is C23H29NO2. The molecule has 1 atom stereocenters. The summed E-state index contributed by atoms with van der Waals surface area (Å²) < 4.78 is 6.01. The van der Waals surface area contributed by atoms with Crippen molar-refractivity contribution in [1.29, 1.82) is 0 Å². The number of likely N-dealkylation sites (tertiary alicyclic amines) is 1. The van der Waals surface area contributed by atoms with Crippen LogP contribution >= 0.6 is 0 Å². The predicted molar refractivity (Wildman–Crippen MR) is 108 cm³/mol. The number of unbranched alkanes of at least 4 members (excludes halogenated alkanes) is 1. The van der Waals surface area contributed by atoms with Gasteiger partial charge in [-0.05, 0) is 43.7 Å². The van der Waals surface area contributed by atoms with Crippen molar-refractivity contribution in [2.24, 2.45) is 0 Å². The molecular weight excluding hydrogens is 322 g/mol. The zero-order valence-electron chi connectivity index (χ0n) is 15.4. The number of benzene rings is 2. The first kappa shape index (κ1) is 18.7. The normalized spacial score (nSPS) is 18.3. The second-order valence-corrected chi connectivity index (χ2v) is 6.85. The van der Waals surface area contributed by atoms with Gasteiger partial charge in [-0.25, -0.2) is 0 Å². The third-order valence-electron chi connectivity index (χ3n) is 4.85. The Bertz CT molecular complexity index is 684. The van der Waals surface area contributed by atoms with Crippen LogP contribution in [0.3, 0.4) is 0 Å². The molecule has 0 radical (unpaired) electrons. The Kier molecular flexibility index (Phi) is 7.29. The summed E-state index contributed by atoms with van der Waals surface area (Å²) in [6, 6.07) is 18.5. The first-order chi connectivity index (χ1) is 12.8. The van der Waals surface area contributed by atoms with Gasteiger partial charge >= 0.3 is 0 Å². The highest BCUT2D eigenvalue weighted by atomic mass is 16.5. The van der Waals surface area contributed by atoms with Crippen LogP contribution in [0.15, 0.2) is 54.6 Å².